The minimum atomic E-state index is -0.580. The third kappa shape index (κ3) is 6.85. The molecule has 0 saturated carbocycles. The smallest absolute Gasteiger partial charge is 0.337 e. The summed E-state index contributed by atoms with van der Waals surface area (Å²) in [4.78, 5) is 43.9. The number of amides is 2. The lowest BCUT2D eigenvalue weighted by Gasteiger charge is -2.38. The number of fused-ring (bicyclic) bond motifs is 1. The molecular weight excluding hydrogens is 484 g/mol. The lowest BCUT2D eigenvalue weighted by molar-refractivity contribution is -0.130. The van der Waals surface area contributed by atoms with E-state index in [-0.39, 0.29) is 29.7 Å². The summed E-state index contributed by atoms with van der Waals surface area (Å²) in [5.41, 5.74) is 1.75. The van der Waals surface area contributed by atoms with Gasteiger partial charge in [0.2, 0.25) is 5.91 Å². The lowest BCUT2D eigenvalue weighted by Crippen LogP contribution is -2.51. The van der Waals surface area contributed by atoms with Gasteiger partial charge in [-0.3, -0.25) is 14.3 Å². The Morgan fingerprint density at radius 2 is 1.66 bits per heavy atom. The summed E-state index contributed by atoms with van der Waals surface area (Å²) in [6.07, 6.45) is -0.102. The predicted octanol–water partition coefficient (Wildman–Crippen LogP) is 2.47. The molecule has 1 aromatic heterocycles. The van der Waals surface area contributed by atoms with Crippen LogP contribution in [0.25, 0.3) is 11.0 Å². The number of piperazine rings is 1. The van der Waals surface area contributed by atoms with Gasteiger partial charge in [0.25, 0.3) is 0 Å². The van der Waals surface area contributed by atoms with Crippen molar-refractivity contribution in [2.24, 2.45) is 0 Å². The highest BCUT2D eigenvalue weighted by Crippen LogP contribution is 2.18. The molecule has 10 heteroatoms. The van der Waals surface area contributed by atoms with E-state index in [1.54, 1.807) is 17.6 Å². The highest BCUT2D eigenvalue weighted by atomic mass is 16.3. The van der Waals surface area contributed by atoms with Crippen LogP contribution in [-0.2, 0) is 4.79 Å². The Bertz CT molecular complexity index is 1190. The van der Waals surface area contributed by atoms with E-state index in [0.29, 0.717) is 38.1 Å². The Kier molecular flexibility index (Phi) is 9.78. The number of β-amino-alcohol motifs (C(OH)–C–C–N with tert-alkyl or cyclic N) is 1. The molecule has 1 aliphatic rings. The summed E-state index contributed by atoms with van der Waals surface area (Å²) in [5.74, 6) is 0.0873. The maximum atomic E-state index is 13.2. The largest absolute Gasteiger partial charge is 0.390 e. The summed E-state index contributed by atoms with van der Waals surface area (Å²) in [6.45, 7) is 19.5. The molecule has 2 unspecified atom stereocenters. The maximum absolute atomic E-state index is 13.2. The van der Waals surface area contributed by atoms with Crippen molar-refractivity contribution in [1.82, 2.24) is 29.2 Å². The van der Waals surface area contributed by atoms with Crippen LogP contribution in [0.3, 0.4) is 0 Å². The third-order valence-electron chi connectivity index (χ3n) is 7.13. The van der Waals surface area contributed by atoms with Crippen molar-refractivity contribution in [1.29, 1.82) is 0 Å². The van der Waals surface area contributed by atoms with E-state index in [1.807, 2.05) is 57.7 Å². The monoisotopic (exact) mass is 528 g/mol. The Morgan fingerprint density at radius 1 is 1.05 bits per heavy atom. The number of aliphatic hydroxyl groups is 1. The zero-order valence-electron chi connectivity index (χ0n) is 23.7. The van der Waals surface area contributed by atoms with E-state index in [9.17, 15) is 19.5 Å². The van der Waals surface area contributed by atoms with Gasteiger partial charge in [-0.05, 0) is 46.8 Å². The van der Waals surface area contributed by atoms with Crippen LogP contribution in [0.2, 0.25) is 0 Å². The summed E-state index contributed by atoms with van der Waals surface area (Å²) in [7, 11) is 0. The first-order chi connectivity index (χ1) is 17.9. The van der Waals surface area contributed by atoms with Gasteiger partial charge >= 0.3 is 11.7 Å². The quantitative estimate of drug-likeness (QED) is 0.491. The van der Waals surface area contributed by atoms with Gasteiger partial charge in [-0.1, -0.05) is 18.7 Å². The molecule has 0 radical (unpaired) electrons. The molecule has 0 spiro atoms. The van der Waals surface area contributed by atoms with E-state index < -0.39 is 12.1 Å². The van der Waals surface area contributed by atoms with E-state index in [2.05, 4.69) is 21.7 Å². The summed E-state index contributed by atoms with van der Waals surface area (Å²) in [6, 6.07) is 6.59. The van der Waals surface area contributed by atoms with Crippen LogP contribution in [-0.4, -0.2) is 98.3 Å². The summed E-state index contributed by atoms with van der Waals surface area (Å²) >= 11 is 0. The average molecular weight is 529 g/mol. The minimum Gasteiger partial charge on any atom is -0.390 e. The molecule has 1 aliphatic heterocycles. The number of hydrogen-bond acceptors (Lipinski definition) is 6. The number of benzene rings is 1. The van der Waals surface area contributed by atoms with Crippen LogP contribution < -0.4 is 11.0 Å². The van der Waals surface area contributed by atoms with Gasteiger partial charge in [0.1, 0.15) is 0 Å². The summed E-state index contributed by atoms with van der Waals surface area (Å²) < 4.78 is 2.82. The zero-order valence-corrected chi connectivity index (χ0v) is 23.7. The number of imidazole rings is 1. The van der Waals surface area contributed by atoms with Crippen LogP contribution in [0.5, 0.6) is 0 Å². The molecule has 2 heterocycles. The van der Waals surface area contributed by atoms with Crippen LogP contribution in [0.15, 0.2) is 41.3 Å². The van der Waals surface area contributed by atoms with Gasteiger partial charge in [0, 0.05) is 76.4 Å². The standard InChI is InChI=1S/C28H44N6O4/c1-19(2)32(18-24(36)17-30-12-14-31(15-13-30)23(7)35)22(6)16-21(5)29-27(37)34-26-11-9-8-10-25(26)33(20(3)4)28(34)38/h8-11,19-21,24,36H,6,12-18H2,1-5,7H3,(H,29,37). The fourth-order valence-corrected chi connectivity index (χ4v) is 5.20. The number of nitrogens with zero attached hydrogens (tertiary/aromatic N) is 5. The van der Waals surface area contributed by atoms with E-state index >= 15 is 0 Å². The first-order valence-electron chi connectivity index (χ1n) is 13.5. The average Bonchev–Trinajstić information content (AvgIpc) is 3.14. The summed E-state index contributed by atoms with van der Waals surface area (Å²) in [5, 5.41) is 13.8. The number of aromatic nitrogens is 2. The molecule has 1 aromatic carbocycles. The fraction of sp³-hybridized carbons (Fsp3) is 0.607. The molecule has 2 N–H and O–H groups in total. The molecule has 10 nitrogen and oxygen atoms in total. The molecule has 0 aliphatic carbocycles. The van der Waals surface area contributed by atoms with Gasteiger partial charge in [-0.15, -0.1) is 0 Å². The van der Waals surface area contributed by atoms with Crippen molar-refractivity contribution in [2.75, 3.05) is 39.3 Å². The normalized spacial score (nSPS) is 16.2. The number of hydrogen-bond donors (Lipinski definition) is 2. The molecule has 3 rings (SSSR count). The van der Waals surface area contributed by atoms with Crippen molar-refractivity contribution < 1.29 is 14.7 Å². The van der Waals surface area contributed by atoms with E-state index in [0.717, 1.165) is 24.3 Å². The molecule has 1 saturated heterocycles. The Hall–Kier alpha value is -3.11. The van der Waals surface area contributed by atoms with E-state index in [1.165, 1.54) is 4.57 Å². The fourth-order valence-electron chi connectivity index (χ4n) is 5.20. The lowest BCUT2D eigenvalue weighted by atomic mass is 10.1. The van der Waals surface area contributed by atoms with Crippen molar-refractivity contribution in [2.45, 2.75) is 72.2 Å². The maximum Gasteiger partial charge on any atom is 0.337 e. The molecule has 0 bridgehead atoms. The number of rotatable bonds is 10. The number of carbonyl (C=O) groups excluding carboxylic acids is 2. The first-order valence-corrected chi connectivity index (χ1v) is 13.5. The molecular formula is C28H44N6O4. The minimum absolute atomic E-state index is 0.0808. The number of aliphatic hydroxyl groups excluding tert-OH is 1. The van der Waals surface area contributed by atoms with Gasteiger partial charge in [0.15, 0.2) is 0 Å². The van der Waals surface area contributed by atoms with Crippen LogP contribution in [0.4, 0.5) is 4.79 Å². The second kappa shape index (κ2) is 12.6. The number of nitrogens with one attached hydrogen (secondary N) is 1. The van der Waals surface area contributed by atoms with Gasteiger partial charge in [-0.2, -0.15) is 0 Å². The van der Waals surface area contributed by atoms with Crippen LogP contribution in [0.1, 0.15) is 54.0 Å². The van der Waals surface area contributed by atoms with Crippen molar-refractivity contribution in [3.63, 3.8) is 0 Å². The number of para-hydroxylation sites is 2. The van der Waals surface area contributed by atoms with E-state index in [4.69, 9.17) is 0 Å². The van der Waals surface area contributed by atoms with Gasteiger partial charge in [-0.25, -0.2) is 14.2 Å². The highest BCUT2D eigenvalue weighted by Gasteiger charge is 2.25. The molecule has 2 aromatic rings. The molecule has 210 valence electrons. The zero-order chi connectivity index (χ0) is 28.1. The van der Waals surface area contributed by atoms with Crippen molar-refractivity contribution in [3.8, 4) is 0 Å². The molecule has 38 heavy (non-hydrogen) atoms. The molecule has 2 atom stereocenters. The van der Waals surface area contributed by atoms with Crippen LogP contribution >= 0.6 is 0 Å². The van der Waals surface area contributed by atoms with Crippen LogP contribution in [0, 0.1) is 0 Å². The van der Waals surface area contributed by atoms with Gasteiger partial charge < -0.3 is 20.2 Å². The van der Waals surface area contributed by atoms with Gasteiger partial charge in [0.05, 0.1) is 17.1 Å². The second-order valence-corrected chi connectivity index (χ2v) is 10.9. The third-order valence-corrected chi connectivity index (χ3v) is 7.13. The Morgan fingerprint density at radius 3 is 2.21 bits per heavy atom. The first kappa shape index (κ1) is 29.4. The second-order valence-electron chi connectivity index (χ2n) is 10.9. The van der Waals surface area contributed by atoms with Crippen molar-refractivity contribution >= 4 is 23.0 Å². The topological polar surface area (TPSA) is 103 Å². The Balaban J connectivity index is 1.60. The molecule has 2 amide bonds. The molecule has 1 fully saturated rings. The Labute approximate surface area is 225 Å². The van der Waals surface area contributed by atoms with Crippen molar-refractivity contribution in [3.05, 3.63) is 47.0 Å². The SMILES string of the molecule is C=C(CC(C)NC(=O)n1c(=O)n(C(C)C)c2ccccc21)N(CC(O)CN1CCN(C(C)=O)CC1)C(C)C. The highest BCUT2D eigenvalue weighted by molar-refractivity contribution is 5.89. The predicted molar refractivity (Wildman–Crippen MR) is 150 cm³/mol. The number of carbonyl (C=O) groups is 2.